The number of benzene rings is 2. The van der Waals surface area contributed by atoms with Crippen molar-refractivity contribution >= 4 is 5.91 Å². The van der Waals surface area contributed by atoms with Gasteiger partial charge in [0.1, 0.15) is 17.6 Å². The Kier molecular flexibility index (Phi) is 5.51. The van der Waals surface area contributed by atoms with Crippen LogP contribution in [-0.4, -0.2) is 51.3 Å². The van der Waals surface area contributed by atoms with Crippen LogP contribution in [0.25, 0.3) is 0 Å². The molecule has 0 saturated carbocycles. The number of rotatable bonds is 7. The third-order valence-corrected chi connectivity index (χ3v) is 4.40. The maximum atomic E-state index is 12.5. The Balaban J connectivity index is 1.55. The molecule has 26 heavy (non-hydrogen) atoms. The highest BCUT2D eigenvalue weighted by molar-refractivity contribution is 5.80. The number of amides is 1. The third kappa shape index (κ3) is 3.85. The summed E-state index contributed by atoms with van der Waals surface area (Å²) in [5.74, 6) is 2.80. The first-order valence-electron chi connectivity index (χ1n) is 8.43. The van der Waals surface area contributed by atoms with Gasteiger partial charge < -0.3 is 23.8 Å². The Hall–Kier alpha value is -2.89. The van der Waals surface area contributed by atoms with Crippen LogP contribution in [0, 0.1) is 0 Å². The average molecular weight is 357 g/mol. The monoisotopic (exact) mass is 357 g/mol. The summed E-state index contributed by atoms with van der Waals surface area (Å²) in [6.45, 7) is 1.13. The molecular weight excluding hydrogens is 334 g/mol. The highest BCUT2D eigenvalue weighted by Crippen LogP contribution is 2.29. The number of likely N-dealkylation sites (tertiary alicyclic amines) is 1. The number of methoxy groups -OCH3 is 3. The normalized spacial score (nSPS) is 13.7. The average Bonchev–Trinajstić information content (AvgIpc) is 2.64. The molecule has 1 aliphatic rings. The molecule has 0 N–H and O–H groups in total. The van der Waals surface area contributed by atoms with Gasteiger partial charge in [0.15, 0.2) is 11.5 Å². The van der Waals surface area contributed by atoms with Crippen LogP contribution in [0.2, 0.25) is 0 Å². The summed E-state index contributed by atoms with van der Waals surface area (Å²) in [6.07, 6.45) is 0.266. The molecule has 1 saturated heterocycles. The first-order chi connectivity index (χ1) is 12.6. The van der Waals surface area contributed by atoms with Gasteiger partial charge in [-0.15, -0.1) is 0 Å². The molecule has 2 aromatic rings. The number of para-hydroxylation sites is 2. The molecule has 1 heterocycles. The summed E-state index contributed by atoms with van der Waals surface area (Å²) < 4.78 is 21.7. The number of carbonyl (C=O) groups excluding carboxylic acids is 1. The molecule has 1 amide bonds. The van der Waals surface area contributed by atoms with Crippen LogP contribution in [-0.2, 0) is 11.2 Å². The Morgan fingerprint density at radius 2 is 1.65 bits per heavy atom. The van der Waals surface area contributed by atoms with Gasteiger partial charge in [-0.1, -0.05) is 18.2 Å². The van der Waals surface area contributed by atoms with Gasteiger partial charge in [-0.25, -0.2) is 0 Å². The highest BCUT2D eigenvalue weighted by Gasteiger charge is 2.33. The fourth-order valence-corrected chi connectivity index (χ4v) is 2.88. The lowest BCUT2D eigenvalue weighted by atomic mass is 10.1. The molecule has 0 spiro atoms. The second-order valence-electron chi connectivity index (χ2n) is 6.04. The van der Waals surface area contributed by atoms with Crippen molar-refractivity contribution in [2.24, 2.45) is 0 Å². The fraction of sp³-hybridized carbons (Fsp3) is 0.350. The Morgan fingerprint density at radius 3 is 2.31 bits per heavy atom. The van der Waals surface area contributed by atoms with Gasteiger partial charge in [-0.2, -0.15) is 0 Å². The van der Waals surface area contributed by atoms with Gasteiger partial charge in [0.25, 0.3) is 0 Å². The summed E-state index contributed by atoms with van der Waals surface area (Å²) in [6, 6.07) is 13.0. The number of ether oxygens (including phenoxy) is 4. The summed E-state index contributed by atoms with van der Waals surface area (Å²) >= 11 is 0. The van der Waals surface area contributed by atoms with Gasteiger partial charge >= 0.3 is 0 Å². The largest absolute Gasteiger partial charge is 0.497 e. The minimum atomic E-state index is -0.0204. The van der Waals surface area contributed by atoms with Crippen molar-refractivity contribution in [3.05, 3.63) is 48.0 Å². The lowest BCUT2D eigenvalue weighted by Crippen LogP contribution is -2.56. The highest BCUT2D eigenvalue weighted by atomic mass is 16.5. The zero-order valence-electron chi connectivity index (χ0n) is 15.2. The van der Waals surface area contributed by atoms with E-state index in [1.807, 2.05) is 36.4 Å². The molecule has 1 fully saturated rings. The van der Waals surface area contributed by atoms with E-state index in [0.29, 0.717) is 36.1 Å². The lowest BCUT2D eigenvalue weighted by Gasteiger charge is -2.39. The van der Waals surface area contributed by atoms with E-state index in [9.17, 15) is 4.79 Å². The Labute approximate surface area is 153 Å². The standard InChI is InChI=1S/C20H23NO5/c1-23-15-9-8-14(19(11-15)25-3)10-20(22)21-12-16(13-21)26-18-7-5-4-6-17(18)24-2/h4-9,11,16H,10,12-13H2,1-3H3. The van der Waals surface area contributed by atoms with Crippen LogP contribution in [0.1, 0.15) is 5.56 Å². The van der Waals surface area contributed by atoms with Crippen molar-refractivity contribution in [3.8, 4) is 23.0 Å². The minimum Gasteiger partial charge on any atom is -0.497 e. The first kappa shape index (κ1) is 17.9. The van der Waals surface area contributed by atoms with Crippen LogP contribution in [0.5, 0.6) is 23.0 Å². The van der Waals surface area contributed by atoms with E-state index in [0.717, 1.165) is 5.56 Å². The van der Waals surface area contributed by atoms with E-state index < -0.39 is 0 Å². The maximum absolute atomic E-state index is 12.5. The van der Waals surface area contributed by atoms with Crippen LogP contribution >= 0.6 is 0 Å². The minimum absolute atomic E-state index is 0.0204. The molecule has 6 nitrogen and oxygen atoms in total. The predicted molar refractivity (Wildman–Crippen MR) is 97.2 cm³/mol. The summed E-state index contributed by atoms with van der Waals surface area (Å²) in [7, 11) is 4.80. The predicted octanol–water partition coefficient (Wildman–Crippen LogP) is 2.54. The van der Waals surface area contributed by atoms with E-state index in [1.54, 1.807) is 32.3 Å². The second-order valence-corrected chi connectivity index (χ2v) is 6.04. The van der Waals surface area contributed by atoms with E-state index >= 15 is 0 Å². The molecule has 0 bridgehead atoms. The molecule has 1 aliphatic heterocycles. The van der Waals surface area contributed by atoms with E-state index in [-0.39, 0.29) is 18.4 Å². The topological polar surface area (TPSA) is 57.2 Å². The Morgan fingerprint density at radius 1 is 0.962 bits per heavy atom. The van der Waals surface area contributed by atoms with Crippen molar-refractivity contribution in [3.63, 3.8) is 0 Å². The van der Waals surface area contributed by atoms with Crippen molar-refractivity contribution in [1.82, 2.24) is 4.90 Å². The van der Waals surface area contributed by atoms with Gasteiger partial charge in [0.05, 0.1) is 40.8 Å². The second kappa shape index (κ2) is 7.99. The smallest absolute Gasteiger partial charge is 0.227 e. The molecule has 2 aromatic carbocycles. The summed E-state index contributed by atoms with van der Waals surface area (Å²) in [4.78, 5) is 14.3. The van der Waals surface area contributed by atoms with Crippen LogP contribution in [0.3, 0.4) is 0 Å². The number of hydrogen-bond acceptors (Lipinski definition) is 5. The van der Waals surface area contributed by atoms with E-state index in [4.69, 9.17) is 18.9 Å². The van der Waals surface area contributed by atoms with Gasteiger partial charge in [-0.3, -0.25) is 4.79 Å². The first-order valence-corrected chi connectivity index (χ1v) is 8.43. The van der Waals surface area contributed by atoms with E-state index in [1.165, 1.54) is 0 Å². The molecule has 0 atom stereocenters. The van der Waals surface area contributed by atoms with E-state index in [2.05, 4.69) is 0 Å². The van der Waals surface area contributed by atoms with Crippen molar-refractivity contribution in [2.75, 3.05) is 34.4 Å². The number of nitrogens with zero attached hydrogens (tertiary/aromatic N) is 1. The van der Waals surface area contributed by atoms with Gasteiger partial charge in [0.2, 0.25) is 5.91 Å². The zero-order valence-corrected chi connectivity index (χ0v) is 15.2. The fourth-order valence-electron chi connectivity index (χ4n) is 2.88. The molecule has 0 aromatic heterocycles. The van der Waals surface area contributed by atoms with Gasteiger partial charge in [0, 0.05) is 11.6 Å². The SMILES string of the molecule is COc1ccc(CC(=O)N2CC(Oc3ccccc3OC)C2)c(OC)c1. The number of hydrogen-bond donors (Lipinski definition) is 0. The van der Waals surface area contributed by atoms with Crippen molar-refractivity contribution < 1.29 is 23.7 Å². The molecular formula is C20H23NO5. The van der Waals surface area contributed by atoms with Gasteiger partial charge in [-0.05, 0) is 18.2 Å². The maximum Gasteiger partial charge on any atom is 0.227 e. The molecule has 6 heteroatoms. The molecule has 0 aliphatic carbocycles. The molecule has 0 unspecified atom stereocenters. The molecule has 138 valence electrons. The van der Waals surface area contributed by atoms with Crippen molar-refractivity contribution in [1.29, 1.82) is 0 Å². The number of carbonyl (C=O) groups is 1. The van der Waals surface area contributed by atoms with Crippen molar-refractivity contribution in [2.45, 2.75) is 12.5 Å². The third-order valence-electron chi connectivity index (χ3n) is 4.40. The Bertz CT molecular complexity index is 771. The lowest BCUT2D eigenvalue weighted by molar-refractivity contribution is -0.139. The summed E-state index contributed by atoms with van der Waals surface area (Å²) in [5, 5.41) is 0. The molecule has 3 rings (SSSR count). The van der Waals surface area contributed by atoms with Crippen LogP contribution in [0.15, 0.2) is 42.5 Å². The summed E-state index contributed by atoms with van der Waals surface area (Å²) in [5.41, 5.74) is 0.840. The van der Waals surface area contributed by atoms with Crippen LogP contribution < -0.4 is 18.9 Å². The van der Waals surface area contributed by atoms with Crippen LogP contribution in [0.4, 0.5) is 0 Å². The molecule has 0 radical (unpaired) electrons. The quantitative estimate of drug-likeness (QED) is 0.762. The zero-order chi connectivity index (χ0) is 18.5.